The molecule has 156 valence electrons. The van der Waals surface area contributed by atoms with Crippen molar-refractivity contribution in [3.63, 3.8) is 0 Å². The Bertz CT molecular complexity index is 1020. The molecule has 0 unspecified atom stereocenters. The predicted octanol–water partition coefficient (Wildman–Crippen LogP) is 2.59. The summed E-state index contributed by atoms with van der Waals surface area (Å²) in [5, 5.41) is 14.4. The largest absolute Gasteiger partial charge is 0.375 e. The minimum atomic E-state index is -3.81. The van der Waals surface area contributed by atoms with Gasteiger partial charge in [-0.15, -0.1) is 0 Å². The van der Waals surface area contributed by atoms with E-state index in [9.17, 15) is 22.9 Å². The SMILES string of the molecule is Cc1ccc(CNc2ccc(S(=O)(=O)N3CCN(C)CC3)cc2[N+](=O)[O-])cc1F. The van der Waals surface area contributed by atoms with E-state index in [1.807, 2.05) is 11.9 Å². The van der Waals surface area contributed by atoms with Gasteiger partial charge in [-0.25, -0.2) is 12.8 Å². The number of halogens is 1. The Morgan fingerprint density at radius 2 is 1.83 bits per heavy atom. The summed E-state index contributed by atoms with van der Waals surface area (Å²) in [6.07, 6.45) is 0. The minimum Gasteiger partial charge on any atom is -0.375 e. The van der Waals surface area contributed by atoms with E-state index in [1.54, 1.807) is 19.1 Å². The molecule has 3 rings (SSSR count). The second-order valence-corrected chi connectivity index (χ2v) is 9.02. The molecule has 1 heterocycles. The topological polar surface area (TPSA) is 95.8 Å². The Balaban J connectivity index is 1.83. The van der Waals surface area contributed by atoms with Crippen molar-refractivity contribution < 1.29 is 17.7 Å². The first-order valence-corrected chi connectivity index (χ1v) is 10.6. The van der Waals surface area contributed by atoms with Crippen LogP contribution in [0.3, 0.4) is 0 Å². The molecule has 0 aromatic heterocycles. The Hall–Kier alpha value is -2.56. The van der Waals surface area contributed by atoms with E-state index in [0.717, 1.165) is 6.07 Å². The van der Waals surface area contributed by atoms with Crippen LogP contribution in [-0.2, 0) is 16.6 Å². The Kier molecular flexibility index (Phi) is 6.15. The van der Waals surface area contributed by atoms with Crippen LogP contribution >= 0.6 is 0 Å². The van der Waals surface area contributed by atoms with Crippen LogP contribution in [-0.4, -0.2) is 55.8 Å². The molecule has 0 amide bonds. The number of nitrogens with one attached hydrogen (secondary N) is 1. The summed E-state index contributed by atoms with van der Waals surface area (Å²) in [5.41, 5.74) is 0.968. The van der Waals surface area contributed by atoms with Crippen molar-refractivity contribution in [2.24, 2.45) is 0 Å². The maximum absolute atomic E-state index is 13.7. The van der Waals surface area contributed by atoms with E-state index in [0.29, 0.717) is 37.3 Å². The quantitative estimate of drug-likeness (QED) is 0.568. The van der Waals surface area contributed by atoms with Crippen LogP contribution in [0.4, 0.5) is 15.8 Å². The van der Waals surface area contributed by atoms with E-state index < -0.39 is 14.9 Å². The van der Waals surface area contributed by atoms with Crippen LogP contribution in [0.25, 0.3) is 0 Å². The van der Waals surface area contributed by atoms with Crippen molar-refractivity contribution in [3.8, 4) is 0 Å². The van der Waals surface area contributed by atoms with Gasteiger partial charge in [0.1, 0.15) is 11.5 Å². The smallest absolute Gasteiger partial charge is 0.293 e. The first-order chi connectivity index (χ1) is 13.7. The highest BCUT2D eigenvalue weighted by Gasteiger charge is 2.29. The molecule has 8 nitrogen and oxygen atoms in total. The molecule has 0 radical (unpaired) electrons. The highest BCUT2D eigenvalue weighted by molar-refractivity contribution is 7.89. The number of rotatable bonds is 6. The van der Waals surface area contributed by atoms with Crippen molar-refractivity contribution in [2.75, 3.05) is 38.5 Å². The average molecular weight is 422 g/mol. The number of benzene rings is 2. The molecule has 0 spiro atoms. The number of likely N-dealkylation sites (N-methyl/N-ethyl adjacent to an activating group) is 1. The number of piperazine rings is 1. The standard InChI is InChI=1S/C19H23FN4O4S/c1-14-3-4-15(11-17(14)20)13-21-18-6-5-16(12-19(18)24(25)26)29(27,28)23-9-7-22(2)8-10-23/h3-6,11-12,21H,7-10,13H2,1-2H3. The third kappa shape index (κ3) is 4.72. The van der Waals surface area contributed by atoms with Gasteiger partial charge in [0.25, 0.3) is 5.69 Å². The molecule has 29 heavy (non-hydrogen) atoms. The summed E-state index contributed by atoms with van der Waals surface area (Å²) in [6, 6.07) is 8.53. The number of nitrogens with zero attached hydrogens (tertiary/aromatic N) is 3. The number of hydrogen-bond acceptors (Lipinski definition) is 6. The number of nitro groups is 1. The van der Waals surface area contributed by atoms with Crippen LogP contribution in [0.1, 0.15) is 11.1 Å². The van der Waals surface area contributed by atoms with Crippen molar-refractivity contribution in [1.29, 1.82) is 0 Å². The van der Waals surface area contributed by atoms with Gasteiger partial charge in [-0.05, 0) is 43.3 Å². The maximum Gasteiger partial charge on any atom is 0.293 e. The predicted molar refractivity (Wildman–Crippen MR) is 108 cm³/mol. The monoisotopic (exact) mass is 422 g/mol. The second kappa shape index (κ2) is 8.44. The van der Waals surface area contributed by atoms with Gasteiger partial charge in [0, 0.05) is 38.8 Å². The fourth-order valence-corrected chi connectivity index (χ4v) is 4.54. The van der Waals surface area contributed by atoms with Crippen LogP contribution in [0.15, 0.2) is 41.3 Å². The molecular weight excluding hydrogens is 399 g/mol. The number of nitro benzene ring substituents is 1. The van der Waals surface area contributed by atoms with Crippen LogP contribution in [0.5, 0.6) is 0 Å². The van der Waals surface area contributed by atoms with Crippen molar-refractivity contribution >= 4 is 21.4 Å². The normalized spacial score (nSPS) is 16.0. The maximum atomic E-state index is 13.7. The molecule has 1 saturated heterocycles. The first kappa shape index (κ1) is 21.2. The van der Waals surface area contributed by atoms with E-state index in [2.05, 4.69) is 5.32 Å². The number of aryl methyl sites for hydroxylation is 1. The molecule has 1 aliphatic rings. The van der Waals surface area contributed by atoms with Crippen molar-refractivity contribution in [3.05, 3.63) is 63.5 Å². The van der Waals surface area contributed by atoms with Gasteiger partial charge in [0.15, 0.2) is 0 Å². The average Bonchev–Trinajstić information content (AvgIpc) is 2.69. The third-order valence-corrected chi connectivity index (χ3v) is 6.88. The van der Waals surface area contributed by atoms with Gasteiger partial charge in [0.2, 0.25) is 10.0 Å². The van der Waals surface area contributed by atoms with Gasteiger partial charge >= 0.3 is 0 Å². The summed E-state index contributed by atoms with van der Waals surface area (Å²) in [7, 11) is -1.90. The van der Waals surface area contributed by atoms with Gasteiger partial charge in [-0.1, -0.05) is 12.1 Å². The molecule has 10 heteroatoms. The Labute approximate surface area is 169 Å². The number of anilines is 1. The van der Waals surface area contributed by atoms with E-state index >= 15 is 0 Å². The molecule has 1 aliphatic heterocycles. The molecule has 0 saturated carbocycles. The lowest BCUT2D eigenvalue weighted by Crippen LogP contribution is -2.47. The summed E-state index contributed by atoms with van der Waals surface area (Å²) in [4.78, 5) is 12.8. The van der Waals surface area contributed by atoms with Crippen LogP contribution in [0, 0.1) is 22.9 Å². The fourth-order valence-electron chi connectivity index (χ4n) is 3.09. The highest BCUT2D eigenvalue weighted by Crippen LogP contribution is 2.30. The lowest BCUT2D eigenvalue weighted by molar-refractivity contribution is -0.384. The first-order valence-electron chi connectivity index (χ1n) is 9.14. The van der Waals surface area contributed by atoms with E-state index in [4.69, 9.17) is 0 Å². The summed E-state index contributed by atoms with van der Waals surface area (Å²) < 4.78 is 40.7. The molecule has 2 aromatic rings. The number of hydrogen-bond donors (Lipinski definition) is 1. The lowest BCUT2D eigenvalue weighted by atomic mass is 10.1. The summed E-state index contributed by atoms with van der Waals surface area (Å²) >= 11 is 0. The Morgan fingerprint density at radius 3 is 2.45 bits per heavy atom. The van der Waals surface area contributed by atoms with E-state index in [-0.39, 0.29) is 28.6 Å². The summed E-state index contributed by atoms with van der Waals surface area (Å²) in [5.74, 6) is -0.354. The lowest BCUT2D eigenvalue weighted by Gasteiger charge is -2.31. The molecular formula is C19H23FN4O4S. The molecule has 2 aromatic carbocycles. The zero-order valence-corrected chi connectivity index (χ0v) is 17.1. The molecule has 0 atom stereocenters. The fraction of sp³-hybridized carbons (Fsp3) is 0.368. The Morgan fingerprint density at radius 1 is 1.14 bits per heavy atom. The molecule has 1 fully saturated rings. The van der Waals surface area contributed by atoms with E-state index in [1.165, 1.54) is 22.5 Å². The van der Waals surface area contributed by atoms with Gasteiger partial charge in [0.05, 0.1) is 9.82 Å². The van der Waals surface area contributed by atoms with Gasteiger partial charge < -0.3 is 10.2 Å². The van der Waals surface area contributed by atoms with Crippen LogP contribution in [0.2, 0.25) is 0 Å². The second-order valence-electron chi connectivity index (χ2n) is 7.08. The zero-order chi connectivity index (χ0) is 21.2. The minimum absolute atomic E-state index is 0.110. The molecule has 1 N–H and O–H groups in total. The molecule has 0 bridgehead atoms. The van der Waals surface area contributed by atoms with Crippen molar-refractivity contribution in [1.82, 2.24) is 9.21 Å². The highest BCUT2D eigenvalue weighted by atomic mass is 32.2. The zero-order valence-electron chi connectivity index (χ0n) is 16.3. The van der Waals surface area contributed by atoms with Crippen molar-refractivity contribution in [2.45, 2.75) is 18.4 Å². The third-order valence-electron chi connectivity index (χ3n) is 4.99. The van der Waals surface area contributed by atoms with Gasteiger partial charge in [-0.2, -0.15) is 4.31 Å². The molecule has 0 aliphatic carbocycles. The summed E-state index contributed by atoms with van der Waals surface area (Å²) in [6.45, 7) is 3.71. The number of sulfonamides is 1. The van der Waals surface area contributed by atoms with Gasteiger partial charge in [-0.3, -0.25) is 10.1 Å². The van der Waals surface area contributed by atoms with Crippen LogP contribution < -0.4 is 5.32 Å².